The fourth-order valence-electron chi connectivity index (χ4n) is 0.913. The smallest absolute Gasteiger partial charge is 0.0866 e. The lowest BCUT2D eigenvalue weighted by atomic mass is 10.7. The molecule has 0 nitrogen and oxygen atoms in total. The Labute approximate surface area is 171 Å². The number of thiophene rings is 2. The topological polar surface area (TPSA) is 0 Å². The van der Waals surface area contributed by atoms with Crippen LogP contribution < -0.4 is 0 Å². The predicted octanol–water partition coefficient (Wildman–Crippen LogP) is 9.18. The average molecular weight is 704 g/mol. The van der Waals surface area contributed by atoms with Crippen LogP contribution in [0.2, 0.25) is 0 Å². The minimum absolute atomic E-state index is 1.10. The standard InChI is InChI=1S/C8Br6S4/c9-1-3(7(13)15-5(1)11)17-18-4-2(10)6(12)16-8(4)14. The van der Waals surface area contributed by atoms with Crippen molar-refractivity contribution in [2.24, 2.45) is 0 Å². The Hall–Kier alpha value is 2.98. The highest BCUT2D eigenvalue weighted by molar-refractivity contribution is 9.14. The zero-order valence-electron chi connectivity index (χ0n) is 7.90. The average Bonchev–Trinajstić information content (AvgIpc) is 2.67. The molecule has 2 aromatic heterocycles. The third kappa shape index (κ3) is 3.84. The van der Waals surface area contributed by atoms with Crippen LogP contribution in [-0.2, 0) is 0 Å². The summed E-state index contributed by atoms with van der Waals surface area (Å²) in [6, 6.07) is 0. The zero-order chi connectivity index (χ0) is 13.4. The molecule has 18 heavy (non-hydrogen) atoms. The Bertz CT molecular complexity index is 537. The Balaban J connectivity index is 2.21. The van der Waals surface area contributed by atoms with E-state index in [1.807, 2.05) is 0 Å². The lowest BCUT2D eigenvalue weighted by Crippen LogP contribution is -1.67. The highest BCUT2D eigenvalue weighted by atomic mass is 79.9. The molecule has 0 unspecified atom stereocenters. The summed E-state index contributed by atoms with van der Waals surface area (Å²) < 4.78 is 6.64. The van der Waals surface area contributed by atoms with Gasteiger partial charge in [-0.15, -0.1) is 22.7 Å². The van der Waals surface area contributed by atoms with Crippen LogP contribution in [0, 0.1) is 0 Å². The molecule has 0 aromatic carbocycles. The molecule has 0 bridgehead atoms. The van der Waals surface area contributed by atoms with E-state index in [9.17, 15) is 0 Å². The van der Waals surface area contributed by atoms with Crippen molar-refractivity contribution in [3.05, 3.63) is 24.1 Å². The molecule has 0 saturated carbocycles. The van der Waals surface area contributed by atoms with Crippen molar-refractivity contribution in [1.82, 2.24) is 0 Å². The van der Waals surface area contributed by atoms with Gasteiger partial charge < -0.3 is 0 Å². The predicted molar refractivity (Wildman–Crippen MR) is 107 cm³/mol. The van der Waals surface area contributed by atoms with Crippen molar-refractivity contribution in [2.45, 2.75) is 9.79 Å². The van der Waals surface area contributed by atoms with Crippen LogP contribution in [-0.4, -0.2) is 0 Å². The lowest BCUT2D eigenvalue weighted by Gasteiger charge is -2.01. The quantitative estimate of drug-likeness (QED) is 0.293. The molecule has 2 heterocycles. The molecule has 0 fully saturated rings. The van der Waals surface area contributed by atoms with Crippen molar-refractivity contribution in [2.75, 3.05) is 0 Å². The number of halogens is 6. The maximum Gasteiger partial charge on any atom is 0.0866 e. The first-order valence-electron chi connectivity index (χ1n) is 4.03. The monoisotopic (exact) mass is 697 g/mol. The van der Waals surface area contributed by atoms with Gasteiger partial charge in [0.25, 0.3) is 0 Å². The van der Waals surface area contributed by atoms with E-state index in [0.717, 1.165) is 24.1 Å². The molecule has 0 atom stereocenters. The summed E-state index contributed by atoms with van der Waals surface area (Å²) in [6.07, 6.45) is 0. The summed E-state index contributed by atoms with van der Waals surface area (Å²) in [7, 11) is 3.44. The molecular formula is C8Br6S4. The van der Waals surface area contributed by atoms with Crippen molar-refractivity contribution < 1.29 is 0 Å². The first kappa shape index (κ1) is 17.3. The molecule has 10 heteroatoms. The van der Waals surface area contributed by atoms with E-state index < -0.39 is 0 Å². The molecule has 0 N–H and O–H groups in total. The summed E-state index contributed by atoms with van der Waals surface area (Å²) in [5.74, 6) is 0. The largest absolute Gasteiger partial charge is 0.119 e. The molecule has 0 saturated heterocycles. The van der Waals surface area contributed by atoms with Gasteiger partial charge in [-0.05, 0) is 117 Å². The Morgan fingerprint density at radius 2 is 0.889 bits per heavy atom. The van der Waals surface area contributed by atoms with Gasteiger partial charge in [-0.25, -0.2) is 0 Å². The Morgan fingerprint density at radius 1 is 0.556 bits per heavy atom. The summed E-state index contributed by atoms with van der Waals surface area (Å²) in [5.41, 5.74) is 0. The lowest BCUT2D eigenvalue weighted by molar-refractivity contribution is 1.47. The third-order valence-electron chi connectivity index (χ3n) is 1.67. The van der Waals surface area contributed by atoms with Crippen molar-refractivity contribution in [1.29, 1.82) is 0 Å². The molecule has 0 amide bonds. The minimum atomic E-state index is 1.10. The van der Waals surface area contributed by atoms with Crippen LogP contribution in [0.1, 0.15) is 0 Å². The first-order chi connectivity index (χ1) is 8.41. The Morgan fingerprint density at radius 3 is 1.11 bits per heavy atom. The molecule has 0 spiro atoms. The van der Waals surface area contributed by atoms with Crippen molar-refractivity contribution >= 4 is 140 Å². The van der Waals surface area contributed by atoms with E-state index in [1.54, 1.807) is 44.3 Å². The normalized spacial score (nSPS) is 11.2. The van der Waals surface area contributed by atoms with E-state index in [4.69, 9.17) is 0 Å². The van der Waals surface area contributed by atoms with Crippen molar-refractivity contribution in [3.63, 3.8) is 0 Å². The maximum absolute atomic E-state index is 3.59. The molecule has 0 aliphatic carbocycles. The van der Waals surface area contributed by atoms with E-state index in [0.29, 0.717) is 0 Å². The second kappa shape index (κ2) is 7.50. The second-order valence-electron chi connectivity index (χ2n) is 2.75. The summed E-state index contributed by atoms with van der Waals surface area (Å²) in [4.78, 5) is 2.39. The van der Waals surface area contributed by atoms with E-state index in [-0.39, 0.29) is 0 Å². The van der Waals surface area contributed by atoms with Crippen LogP contribution in [0.3, 0.4) is 0 Å². The molecule has 0 aliphatic heterocycles. The second-order valence-corrected chi connectivity index (χ2v) is 13.8. The third-order valence-corrected chi connectivity index (χ3v) is 13.7. The van der Waals surface area contributed by atoms with Crippen LogP contribution in [0.5, 0.6) is 0 Å². The summed E-state index contributed by atoms with van der Waals surface area (Å²) in [6.45, 7) is 0. The number of hydrogen-bond donors (Lipinski definition) is 0. The maximum atomic E-state index is 3.59. The minimum Gasteiger partial charge on any atom is -0.119 e. The molecule has 2 aromatic rings. The van der Waals surface area contributed by atoms with Gasteiger partial charge in [-0.2, -0.15) is 0 Å². The number of rotatable bonds is 3. The van der Waals surface area contributed by atoms with Crippen LogP contribution in [0.15, 0.2) is 33.9 Å². The highest BCUT2D eigenvalue weighted by Gasteiger charge is 2.18. The molecule has 0 aliphatic rings. The number of hydrogen-bond acceptors (Lipinski definition) is 4. The van der Waals surface area contributed by atoms with E-state index in [2.05, 4.69) is 95.6 Å². The molecular weight excluding hydrogens is 704 g/mol. The fraction of sp³-hybridized carbons (Fsp3) is 0. The van der Waals surface area contributed by atoms with Gasteiger partial charge in [0.05, 0.1) is 33.9 Å². The summed E-state index contributed by atoms with van der Waals surface area (Å²) >= 11 is 24.7. The Kier molecular flexibility index (Phi) is 7.22. The van der Waals surface area contributed by atoms with Gasteiger partial charge in [-0.1, -0.05) is 0 Å². The summed E-state index contributed by atoms with van der Waals surface area (Å²) in [5, 5.41) is 0. The van der Waals surface area contributed by atoms with Gasteiger partial charge in [0.15, 0.2) is 0 Å². The van der Waals surface area contributed by atoms with Crippen molar-refractivity contribution in [3.8, 4) is 0 Å². The van der Waals surface area contributed by atoms with Crippen LogP contribution in [0.25, 0.3) is 0 Å². The molecule has 0 radical (unpaired) electrons. The van der Waals surface area contributed by atoms with Gasteiger partial charge >= 0.3 is 0 Å². The van der Waals surface area contributed by atoms with Gasteiger partial charge in [0.1, 0.15) is 0 Å². The SMILES string of the molecule is Brc1sc(Br)c(SSc2c(Br)sc(Br)c2Br)c1Br. The molecule has 98 valence electrons. The van der Waals surface area contributed by atoms with E-state index in [1.165, 1.54) is 9.79 Å². The highest BCUT2D eigenvalue weighted by Crippen LogP contribution is 2.55. The van der Waals surface area contributed by atoms with E-state index >= 15 is 0 Å². The van der Waals surface area contributed by atoms with Crippen LogP contribution >= 0.6 is 140 Å². The van der Waals surface area contributed by atoms with Gasteiger partial charge in [0.2, 0.25) is 0 Å². The first-order valence-corrected chi connectivity index (χ1v) is 12.6. The van der Waals surface area contributed by atoms with Gasteiger partial charge in [-0.3, -0.25) is 0 Å². The fourth-order valence-corrected chi connectivity index (χ4v) is 13.3. The van der Waals surface area contributed by atoms with Crippen LogP contribution in [0.4, 0.5) is 0 Å². The molecule has 2 rings (SSSR count). The van der Waals surface area contributed by atoms with Gasteiger partial charge in [0, 0.05) is 0 Å². The zero-order valence-corrected chi connectivity index (χ0v) is 20.7.